The third kappa shape index (κ3) is 4.98. The van der Waals surface area contributed by atoms with Crippen molar-refractivity contribution in [2.45, 2.75) is 32.7 Å². The van der Waals surface area contributed by atoms with Crippen LogP contribution in [0.3, 0.4) is 0 Å². The van der Waals surface area contributed by atoms with Crippen molar-refractivity contribution in [1.82, 2.24) is 10.6 Å². The molecular formula is C18H22N2O6. The van der Waals surface area contributed by atoms with Crippen molar-refractivity contribution in [3.63, 3.8) is 0 Å². The van der Waals surface area contributed by atoms with Crippen molar-refractivity contribution in [3.05, 3.63) is 41.1 Å². The predicted octanol–water partition coefficient (Wildman–Crippen LogP) is 1.39. The number of hydrogen-bond donors (Lipinski definition) is 3. The Labute approximate surface area is 151 Å². The van der Waals surface area contributed by atoms with Gasteiger partial charge in [0.05, 0.1) is 30.3 Å². The number of carbonyl (C=O) groups excluding carboxylic acids is 3. The number of phenolic OH excluding ortho intramolecular Hbond substituents is 1. The van der Waals surface area contributed by atoms with Crippen molar-refractivity contribution in [2.75, 3.05) is 13.2 Å². The van der Waals surface area contributed by atoms with Gasteiger partial charge in [0, 0.05) is 0 Å². The molecule has 140 valence electrons. The number of carbonyl (C=O) groups is 3. The minimum absolute atomic E-state index is 0.00566. The molecule has 0 bridgehead atoms. The Morgan fingerprint density at radius 2 is 1.85 bits per heavy atom. The average molecular weight is 362 g/mol. The van der Waals surface area contributed by atoms with Gasteiger partial charge < -0.3 is 25.2 Å². The van der Waals surface area contributed by atoms with E-state index in [2.05, 4.69) is 10.6 Å². The first kappa shape index (κ1) is 19.3. The quantitative estimate of drug-likeness (QED) is 0.632. The lowest BCUT2D eigenvalue weighted by molar-refractivity contribution is -0.143. The highest BCUT2D eigenvalue weighted by molar-refractivity contribution is 5.94. The normalized spacial score (nSPS) is 16.5. The lowest BCUT2D eigenvalue weighted by atomic mass is 10.0. The van der Waals surface area contributed by atoms with Gasteiger partial charge >= 0.3 is 18.0 Å². The maximum atomic E-state index is 12.2. The second kappa shape index (κ2) is 8.89. The fourth-order valence-corrected chi connectivity index (χ4v) is 2.56. The van der Waals surface area contributed by atoms with Crippen LogP contribution in [0.1, 0.15) is 25.8 Å². The molecule has 8 heteroatoms. The number of hydrogen-bond acceptors (Lipinski definition) is 6. The Morgan fingerprint density at radius 3 is 2.46 bits per heavy atom. The van der Waals surface area contributed by atoms with Crippen molar-refractivity contribution in [3.8, 4) is 5.75 Å². The number of amides is 2. The number of rotatable bonds is 7. The zero-order chi connectivity index (χ0) is 19.1. The van der Waals surface area contributed by atoms with E-state index < -0.39 is 24.0 Å². The molecule has 1 aliphatic rings. The maximum Gasteiger partial charge on any atom is 0.338 e. The SMILES string of the molecule is CCOC(=O)C1=C(COC(=O)Cc2ccc(O)cc2)NC(=O)N[C@H]1CC. The molecule has 0 radical (unpaired) electrons. The van der Waals surface area contributed by atoms with Crippen molar-refractivity contribution in [2.24, 2.45) is 0 Å². The van der Waals surface area contributed by atoms with E-state index in [9.17, 15) is 19.5 Å². The summed E-state index contributed by atoms with van der Waals surface area (Å²) in [4.78, 5) is 36.0. The Hall–Kier alpha value is -3.03. The summed E-state index contributed by atoms with van der Waals surface area (Å²) in [6.07, 6.45) is 0.498. The van der Waals surface area contributed by atoms with Crippen molar-refractivity contribution >= 4 is 18.0 Å². The largest absolute Gasteiger partial charge is 0.508 e. The molecule has 1 aliphatic heterocycles. The number of aromatic hydroxyl groups is 1. The van der Waals surface area contributed by atoms with E-state index in [4.69, 9.17) is 9.47 Å². The molecular weight excluding hydrogens is 340 g/mol. The molecule has 0 spiro atoms. The molecule has 0 saturated heterocycles. The van der Waals surface area contributed by atoms with Gasteiger partial charge in [-0.05, 0) is 31.0 Å². The van der Waals surface area contributed by atoms with Crippen LogP contribution in [-0.2, 0) is 25.5 Å². The monoisotopic (exact) mass is 362 g/mol. The van der Waals surface area contributed by atoms with Gasteiger partial charge in [0.1, 0.15) is 12.4 Å². The number of ether oxygens (including phenoxy) is 2. The molecule has 1 aromatic carbocycles. The van der Waals surface area contributed by atoms with E-state index in [1.54, 1.807) is 19.1 Å². The molecule has 0 unspecified atom stereocenters. The molecule has 8 nitrogen and oxygen atoms in total. The fourth-order valence-electron chi connectivity index (χ4n) is 2.56. The van der Waals surface area contributed by atoms with Crippen LogP contribution < -0.4 is 10.6 Å². The average Bonchev–Trinajstić information content (AvgIpc) is 2.61. The zero-order valence-corrected chi connectivity index (χ0v) is 14.7. The smallest absolute Gasteiger partial charge is 0.338 e. The first-order valence-corrected chi connectivity index (χ1v) is 8.35. The molecule has 0 fully saturated rings. The van der Waals surface area contributed by atoms with Crippen LogP contribution in [0.5, 0.6) is 5.75 Å². The van der Waals surface area contributed by atoms with E-state index in [1.165, 1.54) is 12.1 Å². The van der Waals surface area contributed by atoms with E-state index in [0.29, 0.717) is 12.0 Å². The summed E-state index contributed by atoms with van der Waals surface area (Å²) in [5, 5.41) is 14.4. The molecule has 1 atom stereocenters. The molecule has 3 N–H and O–H groups in total. The Balaban J connectivity index is 2.09. The van der Waals surface area contributed by atoms with Gasteiger partial charge in [-0.1, -0.05) is 19.1 Å². The van der Waals surface area contributed by atoms with Gasteiger partial charge in [0.15, 0.2) is 0 Å². The van der Waals surface area contributed by atoms with Gasteiger partial charge in [-0.2, -0.15) is 0 Å². The third-order valence-corrected chi connectivity index (χ3v) is 3.81. The van der Waals surface area contributed by atoms with Gasteiger partial charge in [-0.15, -0.1) is 0 Å². The maximum absolute atomic E-state index is 12.2. The molecule has 2 amide bonds. The minimum Gasteiger partial charge on any atom is -0.508 e. The predicted molar refractivity (Wildman–Crippen MR) is 92.2 cm³/mol. The standard InChI is InChI=1S/C18H22N2O6/c1-3-13-16(17(23)25-4-2)14(20-18(24)19-13)10-26-15(22)9-11-5-7-12(21)8-6-11/h5-8,13,21H,3-4,9-10H2,1-2H3,(H2,19,20,24)/t13-/m0/s1. The van der Waals surface area contributed by atoms with Gasteiger partial charge in [0.25, 0.3) is 0 Å². The molecule has 0 aromatic heterocycles. The molecule has 26 heavy (non-hydrogen) atoms. The van der Waals surface area contributed by atoms with Gasteiger partial charge in [-0.25, -0.2) is 9.59 Å². The van der Waals surface area contributed by atoms with Crippen LogP contribution in [0.25, 0.3) is 0 Å². The Kier molecular flexibility index (Phi) is 6.60. The first-order valence-electron chi connectivity index (χ1n) is 8.35. The Bertz CT molecular complexity index is 711. The van der Waals surface area contributed by atoms with Crippen molar-refractivity contribution < 1.29 is 29.0 Å². The lowest BCUT2D eigenvalue weighted by Gasteiger charge is -2.28. The summed E-state index contributed by atoms with van der Waals surface area (Å²) in [6, 6.07) is 5.20. The van der Waals surface area contributed by atoms with E-state index in [-0.39, 0.29) is 36.7 Å². The minimum atomic E-state index is -0.559. The number of benzene rings is 1. The summed E-state index contributed by atoms with van der Waals surface area (Å²) in [5.41, 5.74) is 1.15. The first-order chi connectivity index (χ1) is 12.4. The van der Waals surface area contributed by atoms with E-state index in [1.807, 2.05) is 6.92 Å². The lowest BCUT2D eigenvalue weighted by Crippen LogP contribution is -2.51. The molecule has 0 saturated carbocycles. The molecule has 0 aliphatic carbocycles. The second-order valence-corrected chi connectivity index (χ2v) is 5.68. The highest BCUT2D eigenvalue weighted by Crippen LogP contribution is 2.18. The van der Waals surface area contributed by atoms with Crippen LogP contribution in [0.15, 0.2) is 35.5 Å². The number of nitrogens with one attached hydrogen (secondary N) is 2. The van der Waals surface area contributed by atoms with Crippen LogP contribution in [0.2, 0.25) is 0 Å². The van der Waals surface area contributed by atoms with E-state index in [0.717, 1.165) is 0 Å². The number of esters is 2. The summed E-state index contributed by atoms with van der Waals surface area (Å²) >= 11 is 0. The van der Waals surface area contributed by atoms with E-state index >= 15 is 0 Å². The van der Waals surface area contributed by atoms with Crippen LogP contribution in [0, 0.1) is 0 Å². The van der Waals surface area contributed by atoms with Crippen molar-refractivity contribution in [1.29, 1.82) is 0 Å². The number of urea groups is 1. The highest BCUT2D eigenvalue weighted by atomic mass is 16.5. The molecule has 1 aromatic rings. The van der Waals surface area contributed by atoms with Gasteiger partial charge in [-0.3, -0.25) is 4.79 Å². The zero-order valence-electron chi connectivity index (χ0n) is 14.7. The van der Waals surface area contributed by atoms with Crippen LogP contribution in [0.4, 0.5) is 4.79 Å². The highest BCUT2D eigenvalue weighted by Gasteiger charge is 2.31. The van der Waals surface area contributed by atoms with Crippen LogP contribution >= 0.6 is 0 Å². The Morgan fingerprint density at radius 1 is 1.15 bits per heavy atom. The molecule has 2 rings (SSSR count). The van der Waals surface area contributed by atoms with Gasteiger partial charge in [0.2, 0.25) is 0 Å². The topological polar surface area (TPSA) is 114 Å². The summed E-state index contributed by atoms with van der Waals surface area (Å²) in [5.74, 6) is -0.974. The summed E-state index contributed by atoms with van der Waals surface area (Å²) in [6.45, 7) is 3.46. The third-order valence-electron chi connectivity index (χ3n) is 3.81. The number of phenols is 1. The fraction of sp³-hybridized carbons (Fsp3) is 0.389. The van der Waals surface area contributed by atoms with Crippen LogP contribution in [-0.4, -0.2) is 42.3 Å². The summed E-state index contributed by atoms with van der Waals surface area (Å²) in [7, 11) is 0. The summed E-state index contributed by atoms with van der Waals surface area (Å²) < 4.78 is 10.2. The molecule has 1 heterocycles. The second-order valence-electron chi connectivity index (χ2n) is 5.68.